The van der Waals surface area contributed by atoms with Gasteiger partial charge in [0.2, 0.25) is 0 Å². The van der Waals surface area contributed by atoms with Crippen molar-refractivity contribution in [2.45, 2.75) is 13.0 Å². The number of carbonyl (C=O) groups excluding carboxylic acids is 3. The van der Waals surface area contributed by atoms with Crippen molar-refractivity contribution >= 4 is 57.1 Å². The maximum atomic E-state index is 13.3. The zero-order valence-corrected chi connectivity index (χ0v) is 22.9. The van der Waals surface area contributed by atoms with E-state index < -0.39 is 17.8 Å². The third-order valence-corrected chi connectivity index (χ3v) is 7.28. The van der Waals surface area contributed by atoms with E-state index >= 15 is 0 Å². The van der Waals surface area contributed by atoms with Crippen molar-refractivity contribution in [1.29, 1.82) is 0 Å². The molecular weight excluding hydrogens is 580 g/mol. The molecule has 1 N–H and O–H groups in total. The molecule has 6 nitrogen and oxygen atoms in total. The summed E-state index contributed by atoms with van der Waals surface area (Å²) in [6.07, 6.45) is 2.09. The molecule has 4 amide bonds. The van der Waals surface area contributed by atoms with E-state index in [0.29, 0.717) is 35.1 Å². The molecule has 1 aliphatic rings. The molecule has 194 valence electrons. The standard InChI is InChI=1S/C31H22BrClN2O4/c32-27-17-21(10-11-22(27)18-23-8-4-5-9-28(23)33)16-26-29(36)34-31(38)35(30(26)37)24-12-14-25(15-13-24)39-19-20-6-2-1-3-7-20/h1-17H,18-19H2,(H,34,36,38)/b26-16+. The van der Waals surface area contributed by atoms with Crippen molar-refractivity contribution in [3.8, 4) is 5.75 Å². The van der Waals surface area contributed by atoms with Crippen molar-refractivity contribution in [1.82, 2.24) is 5.32 Å². The number of anilines is 1. The third-order valence-electron chi connectivity index (χ3n) is 6.17. The van der Waals surface area contributed by atoms with Gasteiger partial charge in [-0.2, -0.15) is 0 Å². The number of carbonyl (C=O) groups is 3. The number of imide groups is 2. The van der Waals surface area contributed by atoms with Gasteiger partial charge in [-0.3, -0.25) is 14.9 Å². The second-order valence-electron chi connectivity index (χ2n) is 8.85. The minimum Gasteiger partial charge on any atom is -0.489 e. The Bertz CT molecular complexity index is 1590. The Morgan fingerprint density at radius 3 is 2.28 bits per heavy atom. The van der Waals surface area contributed by atoms with Gasteiger partial charge >= 0.3 is 6.03 Å². The number of rotatable bonds is 7. The van der Waals surface area contributed by atoms with Gasteiger partial charge in [0, 0.05) is 15.9 Å². The van der Waals surface area contributed by atoms with Crippen molar-refractivity contribution in [2.24, 2.45) is 0 Å². The molecule has 8 heteroatoms. The number of halogens is 2. The van der Waals surface area contributed by atoms with Crippen molar-refractivity contribution in [2.75, 3.05) is 4.90 Å². The Morgan fingerprint density at radius 1 is 0.846 bits per heavy atom. The number of benzene rings is 4. The molecule has 0 bridgehead atoms. The average molecular weight is 602 g/mol. The summed E-state index contributed by atoms with van der Waals surface area (Å²) in [5.41, 5.74) is 3.80. The molecule has 0 aliphatic carbocycles. The smallest absolute Gasteiger partial charge is 0.335 e. The molecule has 1 aliphatic heterocycles. The second-order valence-corrected chi connectivity index (χ2v) is 10.1. The average Bonchev–Trinajstić information content (AvgIpc) is 2.93. The lowest BCUT2D eigenvalue weighted by atomic mass is 10.0. The molecule has 4 aromatic carbocycles. The van der Waals surface area contributed by atoms with Gasteiger partial charge in [-0.1, -0.05) is 88.2 Å². The first-order chi connectivity index (χ1) is 18.9. The molecule has 4 aromatic rings. The lowest BCUT2D eigenvalue weighted by Gasteiger charge is -2.26. The lowest BCUT2D eigenvalue weighted by molar-refractivity contribution is -0.122. The van der Waals surface area contributed by atoms with Gasteiger partial charge in [-0.25, -0.2) is 9.69 Å². The monoisotopic (exact) mass is 600 g/mol. The van der Waals surface area contributed by atoms with Crippen LogP contribution >= 0.6 is 27.5 Å². The van der Waals surface area contributed by atoms with Crippen LogP contribution in [0.2, 0.25) is 5.02 Å². The number of urea groups is 1. The van der Waals surface area contributed by atoms with Gasteiger partial charge in [0.05, 0.1) is 5.69 Å². The van der Waals surface area contributed by atoms with E-state index in [9.17, 15) is 14.4 Å². The van der Waals surface area contributed by atoms with E-state index in [4.69, 9.17) is 16.3 Å². The number of ether oxygens (including phenoxy) is 1. The van der Waals surface area contributed by atoms with Crippen LogP contribution in [0.5, 0.6) is 5.75 Å². The molecule has 0 aromatic heterocycles. The van der Waals surface area contributed by atoms with E-state index in [-0.39, 0.29) is 5.57 Å². The maximum Gasteiger partial charge on any atom is 0.335 e. The summed E-state index contributed by atoms with van der Waals surface area (Å²) >= 11 is 9.88. The molecule has 5 rings (SSSR count). The molecule has 0 spiro atoms. The summed E-state index contributed by atoms with van der Waals surface area (Å²) in [4.78, 5) is 39.4. The molecular formula is C31H22BrClN2O4. The van der Waals surface area contributed by atoms with Gasteiger partial charge < -0.3 is 4.74 Å². The van der Waals surface area contributed by atoms with E-state index in [1.165, 1.54) is 6.08 Å². The van der Waals surface area contributed by atoms with Crippen LogP contribution in [0.3, 0.4) is 0 Å². The number of barbiturate groups is 1. The van der Waals surface area contributed by atoms with Crippen molar-refractivity contribution in [3.63, 3.8) is 0 Å². The van der Waals surface area contributed by atoms with E-state index in [0.717, 1.165) is 26.1 Å². The van der Waals surface area contributed by atoms with E-state index in [1.807, 2.05) is 72.8 Å². The highest BCUT2D eigenvalue weighted by atomic mass is 79.9. The van der Waals surface area contributed by atoms with Gasteiger partial charge in [0.25, 0.3) is 11.8 Å². The van der Waals surface area contributed by atoms with Gasteiger partial charge in [0.15, 0.2) is 0 Å². The Morgan fingerprint density at radius 2 is 1.56 bits per heavy atom. The Hall–Kier alpha value is -4.20. The summed E-state index contributed by atoms with van der Waals surface area (Å²) in [5, 5.41) is 2.94. The first-order valence-corrected chi connectivity index (χ1v) is 13.3. The zero-order chi connectivity index (χ0) is 27.4. The normalized spacial score (nSPS) is 14.5. The Labute approximate surface area is 239 Å². The number of hydrogen-bond acceptors (Lipinski definition) is 4. The summed E-state index contributed by atoms with van der Waals surface area (Å²) < 4.78 is 6.59. The highest BCUT2D eigenvalue weighted by Crippen LogP contribution is 2.28. The molecule has 0 atom stereocenters. The fraction of sp³-hybridized carbons (Fsp3) is 0.0645. The van der Waals surface area contributed by atoms with Gasteiger partial charge in [-0.05, 0) is 64.7 Å². The summed E-state index contributed by atoms with van der Waals surface area (Å²) in [6.45, 7) is 0.386. The number of nitrogens with one attached hydrogen (secondary N) is 1. The number of nitrogens with zero attached hydrogens (tertiary/aromatic N) is 1. The van der Waals surface area contributed by atoms with Crippen molar-refractivity contribution < 1.29 is 19.1 Å². The Kier molecular flexibility index (Phi) is 7.91. The topological polar surface area (TPSA) is 75.7 Å². The van der Waals surface area contributed by atoms with Crippen LogP contribution in [0.1, 0.15) is 22.3 Å². The quantitative estimate of drug-likeness (QED) is 0.184. The molecule has 1 saturated heterocycles. The summed E-state index contributed by atoms with van der Waals surface area (Å²) in [5.74, 6) is -0.876. The van der Waals surface area contributed by atoms with E-state index in [2.05, 4.69) is 21.2 Å². The molecule has 1 fully saturated rings. The van der Waals surface area contributed by atoms with Gasteiger partial charge in [-0.15, -0.1) is 0 Å². The molecule has 0 radical (unpaired) electrons. The molecule has 39 heavy (non-hydrogen) atoms. The fourth-order valence-electron chi connectivity index (χ4n) is 4.13. The summed E-state index contributed by atoms with van der Waals surface area (Å²) in [7, 11) is 0. The predicted molar refractivity (Wildman–Crippen MR) is 155 cm³/mol. The van der Waals surface area contributed by atoms with Crippen molar-refractivity contribution in [3.05, 3.63) is 134 Å². The minimum absolute atomic E-state index is 0.148. The third kappa shape index (κ3) is 6.11. The van der Waals surface area contributed by atoms with Crippen LogP contribution in [0.25, 0.3) is 6.08 Å². The first-order valence-electron chi connectivity index (χ1n) is 12.1. The van der Waals surface area contributed by atoms with E-state index in [1.54, 1.807) is 24.3 Å². The van der Waals surface area contributed by atoms with Crippen LogP contribution < -0.4 is 15.0 Å². The number of hydrogen-bond donors (Lipinski definition) is 1. The van der Waals surface area contributed by atoms with Crippen LogP contribution in [0, 0.1) is 0 Å². The summed E-state index contributed by atoms with van der Waals surface area (Å²) in [6, 6.07) is 28.6. The highest BCUT2D eigenvalue weighted by Gasteiger charge is 2.36. The minimum atomic E-state index is -0.809. The van der Waals surface area contributed by atoms with Gasteiger partial charge in [0.1, 0.15) is 17.9 Å². The zero-order valence-electron chi connectivity index (χ0n) is 20.6. The number of amides is 4. The van der Waals surface area contributed by atoms with Crippen LogP contribution in [0.4, 0.5) is 10.5 Å². The lowest BCUT2D eigenvalue weighted by Crippen LogP contribution is -2.54. The van der Waals surface area contributed by atoms with Crippen LogP contribution in [-0.4, -0.2) is 17.8 Å². The molecule has 1 heterocycles. The second kappa shape index (κ2) is 11.7. The predicted octanol–water partition coefficient (Wildman–Crippen LogP) is 6.94. The SMILES string of the molecule is O=C1NC(=O)N(c2ccc(OCc3ccccc3)cc2)C(=O)/C1=C/c1ccc(Cc2ccccc2Cl)c(Br)c1. The highest BCUT2D eigenvalue weighted by molar-refractivity contribution is 9.10. The largest absolute Gasteiger partial charge is 0.489 e. The Balaban J connectivity index is 1.33. The molecule has 0 unspecified atom stereocenters. The first kappa shape index (κ1) is 26.4. The maximum absolute atomic E-state index is 13.3. The van der Waals surface area contributed by atoms with Crippen LogP contribution in [-0.2, 0) is 22.6 Å². The molecule has 0 saturated carbocycles. The van der Waals surface area contributed by atoms with Crippen LogP contribution in [0.15, 0.2) is 107 Å². The fourth-order valence-corrected chi connectivity index (χ4v) is 4.87.